The number of rotatable bonds is 2. The van der Waals surface area contributed by atoms with Gasteiger partial charge in [-0.25, -0.2) is 9.18 Å². The van der Waals surface area contributed by atoms with E-state index < -0.39 is 11.8 Å². The predicted octanol–water partition coefficient (Wildman–Crippen LogP) is 4.09. The van der Waals surface area contributed by atoms with E-state index in [2.05, 4.69) is 20.8 Å². The van der Waals surface area contributed by atoms with Crippen LogP contribution in [0.4, 0.5) is 10.1 Å². The number of anilines is 1. The average Bonchev–Trinajstić information content (AvgIpc) is 2.32. The van der Waals surface area contributed by atoms with Crippen molar-refractivity contribution in [2.24, 2.45) is 11.3 Å². The molecule has 3 nitrogen and oxygen atoms in total. The molecular weight excluding hydrogens is 269 g/mol. The fourth-order valence-corrected chi connectivity index (χ4v) is 3.39. The number of nitrogens with two attached hydrogens (primary N) is 1. The number of hydrogen-bond donors (Lipinski definition) is 1. The van der Waals surface area contributed by atoms with Gasteiger partial charge in [-0.15, -0.1) is 0 Å². The van der Waals surface area contributed by atoms with E-state index in [0.29, 0.717) is 11.5 Å². The Labute approximate surface area is 125 Å². The van der Waals surface area contributed by atoms with Crippen LogP contribution in [0.15, 0.2) is 12.1 Å². The Morgan fingerprint density at radius 2 is 2.05 bits per heavy atom. The molecule has 0 amide bonds. The smallest absolute Gasteiger partial charge is 0.338 e. The molecule has 2 unspecified atom stereocenters. The van der Waals surface area contributed by atoms with Gasteiger partial charge in [0.2, 0.25) is 0 Å². The second-order valence-corrected chi connectivity index (χ2v) is 7.11. The van der Waals surface area contributed by atoms with Gasteiger partial charge in [0.1, 0.15) is 11.9 Å². The summed E-state index contributed by atoms with van der Waals surface area (Å²) in [6.07, 6.45) is 2.72. The van der Waals surface area contributed by atoms with Crippen molar-refractivity contribution < 1.29 is 13.9 Å². The Morgan fingerprint density at radius 3 is 2.62 bits per heavy atom. The van der Waals surface area contributed by atoms with Crippen LogP contribution in [0.2, 0.25) is 0 Å². The third kappa shape index (κ3) is 3.74. The van der Waals surface area contributed by atoms with Gasteiger partial charge >= 0.3 is 5.97 Å². The van der Waals surface area contributed by atoms with Crippen molar-refractivity contribution in [1.29, 1.82) is 0 Å². The van der Waals surface area contributed by atoms with Gasteiger partial charge in [-0.05, 0) is 49.7 Å². The quantitative estimate of drug-likeness (QED) is 0.660. The summed E-state index contributed by atoms with van der Waals surface area (Å²) in [7, 11) is 0. The molecule has 1 fully saturated rings. The molecule has 0 spiro atoms. The molecule has 0 aromatic heterocycles. The number of ether oxygens (including phenoxy) is 1. The lowest BCUT2D eigenvalue weighted by Gasteiger charge is -2.38. The molecule has 0 radical (unpaired) electrons. The van der Waals surface area contributed by atoms with E-state index in [-0.39, 0.29) is 22.8 Å². The van der Waals surface area contributed by atoms with Gasteiger partial charge in [-0.3, -0.25) is 0 Å². The lowest BCUT2D eigenvalue weighted by Crippen LogP contribution is -2.34. The summed E-state index contributed by atoms with van der Waals surface area (Å²) in [5, 5.41) is 0. The Bertz CT molecular complexity index is 531. The van der Waals surface area contributed by atoms with Crippen LogP contribution in [0, 0.1) is 24.1 Å². The maximum Gasteiger partial charge on any atom is 0.338 e. The Hall–Kier alpha value is -1.58. The van der Waals surface area contributed by atoms with Gasteiger partial charge in [0, 0.05) is 11.3 Å². The first-order valence-corrected chi connectivity index (χ1v) is 7.44. The van der Waals surface area contributed by atoms with Crippen LogP contribution in [0.3, 0.4) is 0 Å². The SMILES string of the molecule is Cc1c(N)cc(C(=O)OC2CC(C)CC(C)(C)C2)cc1F. The van der Waals surface area contributed by atoms with Gasteiger partial charge in [-0.2, -0.15) is 0 Å². The first-order chi connectivity index (χ1) is 9.68. The van der Waals surface area contributed by atoms with Crippen LogP contribution < -0.4 is 5.73 Å². The van der Waals surface area contributed by atoms with Crippen molar-refractivity contribution in [1.82, 2.24) is 0 Å². The van der Waals surface area contributed by atoms with Crippen LogP contribution in [-0.2, 0) is 4.74 Å². The molecule has 1 aromatic rings. The molecule has 1 aromatic carbocycles. The highest BCUT2D eigenvalue weighted by Gasteiger charge is 2.34. The molecule has 0 heterocycles. The number of esters is 1. The maximum absolute atomic E-state index is 13.7. The summed E-state index contributed by atoms with van der Waals surface area (Å²) >= 11 is 0. The minimum absolute atomic E-state index is 0.109. The molecule has 1 aliphatic carbocycles. The second-order valence-electron chi connectivity index (χ2n) is 7.11. The third-order valence-electron chi connectivity index (χ3n) is 4.24. The summed E-state index contributed by atoms with van der Waals surface area (Å²) < 4.78 is 19.2. The minimum Gasteiger partial charge on any atom is -0.459 e. The van der Waals surface area contributed by atoms with Crippen LogP contribution in [0.5, 0.6) is 0 Å². The third-order valence-corrected chi connectivity index (χ3v) is 4.24. The number of benzene rings is 1. The van der Waals surface area contributed by atoms with Crippen molar-refractivity contribution >= 4 is 11.7 Å². The summed E-state index contributed by atoms with van der Waals surface area (Å²) in [5.74, 6) is -0.443. The van der Waals surface area contributed by atoms with E-state index >= 15 is 0 Å². The van der Waals surface area contributed by atoms with Crippen molar-refractivity contribution in [2.45, 2.75) is 53.1 Å². The lowest BCUT2D eigenvalue weighted by atomic mass is 9.71. The molecular formula is C17H24FNO2. The largest absolute Gasteiger partial charge is 0.459 e. The Balaban J connectivity index is 2.11. The minimum atomic E-state index is -0.490. The summed E-state index contributed by atoms with van der Waals surface area (Å²) in [4.78, 5) is 12.2. The van der Waals surface area contributed by atoms with Gasteiger partial charge < -0.3 is 10.5 Å². The maximum atomic E-state index is 13.7. The van der Waals surface area contributed by atoms with Gasteiger partial charge in [-0.1, -0.05) is 20.8 Å². The molecule has 4 heteroatoms. The molecule has 116 valence electrons. The van der Waals surface area contributed by atoms with Crippen molar-refractivity contribution in [3.05, 3.63) is 29.1 Å². The fourth-order valence-electron chi connectivity index (χ4n) is 3.39. The lowest BCUT2D eigenvalue weighted by molar-refractivity contribution is -0.00718. The summed E-state index contributed by atoms with van der Waals surface area (Å²) in [6.45, 7) is 8.14. The zero-order valence-electron chi connectivity index (χ0n) is 13.2. The monoisotopic (exact) mass is 293 g/mol. The highest BCUT2D eigenvalue weighted by atomic mass is 19.1. The van der Waals surface area contributed by atoms with E-state index in [0.717, 1.165) is 19.3 Å². The topological polar surface area (TPSA) is 52.3 Å². The molecule has 2 rings (SSSR count). The van der Waals surface area contributed by atoms with Gasteiger partial charge in [0.05, 0.1) is 5.56 Å². The summed E-state index contributed by atoms with van der Waals surface area (Å²) in [5.41, 5.74) is 6.70. The first kappa shape index (κ1) is 15.8. The molecule has 1 saturated carbocycles. The molecule has 2 N–H and O–H groups in total. The molecule has 0 aliphatic heterocycles. The second kappa shape index (κ2) is 5.66. The zero-order chi connectivity index (χ0) is 15.8. The van der Waals surface area contributed by atoms with Crippen LogP contribution >= 0.6 is 0 Å². The van der Waals surface area contributed by atoms with Crippen LogP contribution in [-0.4, -0.2) is 12.1 Å². The molecule has 0 bridgehead atoms. The highest BCUT2D eigenvalue weighted by molar-refractivity contribution is 5.90. The Kier molecular flexibility index (Phi) is 4.26. The first-order valence-electron chi connectivity index (χ1n) is 7.44. The van der Waals surface area contributed by atoms with Crippen molar-refractivity contribution in [2.75, 3.05) is 5.73 Å². The number of carbonyl (C=O) groups is 1. The molecule has 0 saturated heterocycles. The predicted molar refractivity (Wildman–Crippen MR) is 81.5 cm³/mol. The van der Waals surface area contributed by atoms with E-state index in [1.807, 2.05) is 0 Å². The Morgan fingerprint density at radius 1 is 1.38 bits per heavy atom. The number of nitrogen functional groups attached to an aromatic ring is 1. The van der Waals surface area contributed by atoms with Crippen LogP contribution in [0.25, 0.3) is 0 Å². The standard InChI is InChI=1S/C17H24FNO2/c1-10-5-13(9-17(3,4)8-10)21-16(20)12-6-14(18)11(2)15(19)7-12/h6-7,10,13H,5,8-9,19H2,1-4H3. The van der Waals surface area contributed by atoms with Crippen molar-refractivity contribution in [3.63, 3.8) is 0 Å². The van der Waals surface area contributed by atoms with Crippen LogP contribution in [0.1, 0.15) is 56.0 Å². The average molecular weight is 293 g/mol. The molecule has 1 aliphatic rings. The van der Waals surface area contributed by atoms with E-state index in [9.17, 15) is 9.18 Å². The highest BCUT2D eigenvalue weighted by Crippen LogP contribution is 2.39. The van der Waals surface area contributed by atoms with Gasteiger partial charge in [0.25, 0.3) is 0 Å². The zero-order valence-corrected chi connectivity index (χ0v) is 13.2. The molecule has 21 heavy (non-hydrogen) atoms. The summed E-state index contributed by atoms with van der Waals surface area (Å²) in [6, 6.07) is 2.68. The van der Waals surface area contributed by atoms with Crippen molar-refractivity contribution in [3.8, 4) is 0 Å². The number of halogens is 1. The van der Waals surface area contributed by atoms with E-state index in [4.69, 9.17) is 10.5 Å². The van der Waals surface area contributed by atoms with E-state index in [1.54, 1.807) is 6.92 Å². The fraction of sp³-hybridized carbons (Fsp3) is 0.588. The normalized spacial score (nSPS) is 24.6. The van der Waals surface area contributed by atoms with Gasteiger partial charge in [0.15, 0.2) is 0 Å². The number of carbonyl (C=O) groups excluding carboxylic acids is 1. The number of hydrogen-bond acceptors (Lipinski definition) is 3. The van der Waals surface area contributed by atoms with E-state index in [1.165, 1.54) is 12.1 Å². The molecule has 2 atom stereocenters.